The van der Waals surface area contributed by atoms with Gasteiger partial charge < -0.3 is 9.64 Å². The molecule has 0 radical (unpaired) electrons. The van der Waals surface area contributed by atoms with Gasteiger partial charge in [0.2, 0.25) is 0 Å². The molecule has 3 rings (SSSR count). The van der Waals surface area contributed by atoms with Crippen LogP contribution in [0.5, 0.6) is 0 Å². The van der Waals surface area contributed by atoms with Crippen LogP contribution in [-0.2, 0) is 20.7 Å². The highest BCUT2D eigenvalue weighted by molar-refractivity contribution is 7.18. The summed E-state index contributed by atoms with van der Waals surface area (Å²) in [6.45, 7) is 1.68. The third kappa shape index (κ3) is 4.47. The van der Waals surface area contributed by atoms with Crippen LogP contribution in [0, 0.1) is 0 Å². The molecule has 0 unspecified atom stereocenters. The van der Waals surface area contributed by atoms with Crippen molar-refractivity contribution < 1.29 is 14.3 Å². The number of ether oxygens (including phenoxy) is 1. The Balaban J connectivity index is 1.51. The van der Waals surface area contributed by atoms with Crippen LogP contribution in [0.25, 0.3) is 10.2 Å². The molecule has 3 aromatic rings. The number of likely N-dealkylation sites (N-methyl/N-ethyl adjacent to an activating group) is 1. The number of para-hydroxylation sites is 1. The molecular weight excluding hydrogens is 368 g/mol. The molecule has 26 heavy (non-hydrogen) atoms. The Labute approximate surface area is 160 Å². The van der Waals surface area contributed by atoms with E-state index in [1.165, 1.54) is 0 Å². The lowest BCUT2D eigenvalue weighted by Crippen LogP contribution is -2.33. The van der Waals surface area contributed by atoms with E-state index in [4.69, 9.17) is 4.74 Å². The van der Waals surface area contributed by atoms with E-state index in [0.29, 0.717) is 6.42 Å². The minimum absolute atomic E-state index is 0.176. The average Bonchev–Trinajstić information content (AvgIpc) is 3.32. The van der Waals surface area contributed by atoms with Crippen molar-refractivity contribution in [1.29, 1.82) is 0 Å². The number of aromatic nitrogens is 1. The Hall–Kier alpha value is -2.25. The molecule has 7 heteroatoms. The Bertz CT molecular complexity index is 856. The van der Waals surface area contributed by atoms with Crippen molar-refractivity contribution in [3.05, 3.63) is 51.7 Å². The molecule has 1 aromatic carbocycles. The van der Waals surface area contributed by atoms with Crippen LogP contribution in [0.1, 0.15) is 29.3 Å². The second kappa shape index (κ2) is 8.42. The number of fused-ring (bicyclic) bond motifs is 1. The third-order valence-electron chi connectivity index (χ3n) is 4.15. The van der Waals surface area contributed by atoms with E-state index in [1.54, 1.807) is 34.6 Å². The second-order valence-corrected chi connectivity index (χ2v) is 8.03. The first-order valence-electron chi connectivity index (χ1n) is 8.33. The number of hydrogen-bond donors (Lipinski definition) is 0. The molecule has 2 aromatic heterocycles. The number of amides is 1. The minimum Gasteiger partial charge on any atom is -0.456 e. The molecule has 0 saturated carbocycles. The minimum atomic E-state index is -0.354. The predicted octanol–water partition coefficient (Wildman–Crippen LogP) is 4.05. The zero-order chi connectivity index (χ0) is 18.5. The van der Waals surface area contributed by atoms with Crippen LogP contribution in [0.3, 0.4) is 0 Å². The molecule has 0 fully saturated rings. The van der Waals surface area contributed by atoms with Gasteiger partial charge in [0.1, 0.15) is 5.01 Å². The molecule has 136 valence electrons. The highest BCUT2D eigenvalue weighted by Crippen LogP contribution is 2.28. The number of nitrogens with zero attached hydrogens (tertiary/aromatic N) is 2. The van der Waals surface area contributed by atoms with Gasteiger partial charge in [-0.1, -0.05) is 18.2 Å². The van der Waals surface area contributed by atoms with Crippen LogP contribution < -0.4 is 0 Å². The molecule has 2 heterocycles. The quantitative estimate of drug-likeness (QED) is 0.573. The predicted molar refractivity (Wildman–Crippen MR) is 104 cm³/mol. The number of thiophene rings is 1. The summed E-state index contributed by atoms with van der Waals surface area (Å²) in [5, 5.41) is 2.84. The first kappa shape index (κ1) is 18.5. The molecule has 0 saturated heterocycles. The van der Waals surface area contributed by atoms with E-state index >= 15 is 0 Å². The number of rotatable bonds is 7. The molecule has 5 nitrogen and oxygen atoms in total. The van der Waals surface area contributed by atoms with E-state index < -0.39 is 0 Å². The van der Waals surface area contributed by atoms with Crippen molar-refractivity contribution in [3.8, 4) is 0 Å². The van der Waals surface area contributed by atoms with Crippen molar-refractivity contribution in [2.24, 2.45) is 0 Å². The third-order valence-corrected chi connectivity index (χ3v) is 6.30. The van der Waals surface area contributed by atoms with Gasteiger partial charge in [-0.3, -0.25) is 9.59 Å². The maximum absolute atomic E-state index is 12.3. The largest absolute Gasteiger partial charge is 0.456 e. The SMILES string of the molecule is C[C@@H](c1nc2ccccc2s1)N(C)C(=O)COC(=O)CCc1cccs1. The lowest BCUT2D eigenvalue weighted by molar-refractivity contribution is -0.152. The van der Waals surface area contributed by atoms with Crippen LogP contribution in [0.2, 0.25) is 0 Å². The summed E-state index contributed by atoms with van der Waals surface area (Å²) in [5.74, 6) is -0.589. The molecule has 0 N–H and O–H groups in total. The highest BCUT2D eigenvalue weighted by Gasteiger charge is 2.21. The van der Waals surface area contributed by atoms with Crippen LogP contribution >= 0.6 is 22.7 Å². The van der Waals surface area contributed by atoms with Crippen LogP contribution in [0.4, 0.5) is 0 Å². The van der Waals surface area contributed by atoms with Crippen LogP contribution in [-0.4, -0.2) is 35.4 Å². The van der Waals surface area contributed by atoms with Crippen molar-refractivity contribution in [3.63, 3.8) is 0 Å². The zero-order valence-electron chi connectivity index (χ0n) is 14.7. The van der Waals surface area contributed by atoms with E-state index in [2.05, 4.69) is 4.98 Å². The molecule has 0 bridgehead atoms. The van der Waals surface area contributed by atoms with Crippen molar-refractivity contribution in [2.45, 2.75) is 25.8 Å². The normalized spacial score (nSPS) is 12.1. The van der Waals surface area contributed by atoms with Gasteiger partial charge in [0.15, 0.2) is 6.61 Å². The molecule has 1 amide bonds. The summed E-state index contributed by atoms with van der Waals surface area (Å²) in [6.07, 6.45) is 0.924. The number of aryl methyl sites for hydroxylation is 1. The van der Waals surface area contributed by atoms with E-state index in [-0.39, 0.29) is 30.9 Å². The summed E-state index contributed by atoms with van der Waals surface area (Å²) >= 11 is 3.18. The summed E-state index contributed by atoms with van der Waals surface area (Å²) in [4.78, 5) is 31.5. The molecular formula is C19H20N2O3S2. The van der Waals surface area contributed by atoms with Gasteiger partial charge >= 0.3 is 5.97 Å². The van der Waals surface area contributed by atoms with Gasteiger partial charge in [0, 0.05) is 11.9 Å². The maximum atomic E-state index is 12.3. The van der Waals surface area contributed by atoms with Crippen molar-refractivity contribution in [1.82, 2.24) is 9.88 Å². The Morgan fingerprint density at radius 1 is 1.23 bits per heavy atom. The van der Waals surface area contributed by atoms with E-state index in [1.807, 2.05) is 48.7 Å². The number of carbonyl (C=O) groups excluding carboxylic acids is 2. The summed E-state index contributed by atoms with van der Waals surface area (Å²) in [6, 6.07) is 11.6. The standard InChI is InChI=1S/C19H20N2O3S2/c1-13(19-20-15-7-3-4-8-16(15)26-19)21(2)17(22)12-24-18(23)10-9-14-6-5-11-25-14/h3-8,11,13H,9-10,12H2,1-2H3/t13-/m0/s1. The highest BCUT2D eigenvalue weighted by atomic mass is 32.1. The van der Waals surface area contributed by atoms with Gasteiger partial charge in [0.25, 0.3) is 5.91 Å². The maximum Gasteiger partial charge on any atom is 0.306 e. The molecule has 0 spiro atoms. The van der Waals surface area contributed by atoms with E-state index in [9.17, 15) is 9.59 Å². The monoisotopic (exact) mass is 388 g/mol. The molecule has 0 aliphatic heterocycles. The van der Waals surface area contributed by atoms with Gasteiger partial charge in [-0.15, -0.1) is 22.7 Å². The molecule has 0 aliphatic rings. The van der Waals surface area contributed by atoms with E-state index in [0.717, 1.165) is 20.1 Å². The first-order valence-corrected chi connectivity index (χ1v) is 10.0. The first-order chi connectivity index (χ1) is 12.5. The Morgan fingerprint density at radius 3 is 2.77 bits per heavy atom. The molecule has 0 aliphatic carbocycles. The smallest absolute Gasteiger partial charge is 0.306 e. The Kier molecular flexibility index (Phi) is 6.00. The fourth-order valence-electron chi connectivity index (χ4n) is 2.45. The van der Waals surface area contributed by atoms with Gasteiger partial charge in [-0.25, -0.2) is 4.98 Å². The Morgan fingerprint density at radius 2 is 2.04 bits per heavy atom. The fraction of sp³-hybridized carbons (Fsp3) is 0.316. The second-order valence-electron chi connectivity index (χ2n) is 5.94. The number of benzene rings is 1. The van der Waals surface area contributed by atoms with Gasteiger partial charge in [0.05, 0.1) is 22.7 Å². The summed E-state index contributed by atoms with van der Waals surface area (Å²) < 4.78 is 6.22. The van der Waals surface area contributed by atoms with Gasteiger partial charge in [-0.2, -0.15) is 0 Å². The fourth-order valence-corrected chi connectivity index (χ4v) is 4.22. The van der Waals surface area contributed by atoms with Crippen LogP contribution in [0.15, 0.2) is 41.8 Å². The van der Waals surface area contributed by atoms with Crippen molar-refractivity contribution >= 4 is 44.8 Å². The number of hydrogen-bond acceptors (Lipinski definition) is 6. The number of thiazole rings is 1. The number of carbonyl (C=O) groups is 2. The zero-order valence-corrected chi connectivity index (χ0v) is 16.3. The number of esters is 1. The molecule has 1 atom stereocenters. The average molecular weight is 389 g/mol. The lowest BCUT2D eigenvalue weighted by Gasteiger charge is -2.23. The summed E-state index contributed by atoms with van der Waals surface area (Å²) in [5.41, 5.74) is 0.931. The van der Waals surface area contributed by atoms with Gasteiger partial charge in [-0.05, 0) is 36.9 Å². The van der Waals surface area contributed by atoms with Crippen molar-refractivity contribution in [2.75, 3.05) is 13.7 Å². The summed E-state index contributed by atoms with van der Waals surface area (Å²) in [7, 11) is 1.71. The lowest BCUT2D eigenvalue weighted by atomic mass is 10.3. The topological polar surface area (TPSA) is 59.5 Å².